The molecular weight excluding hydrogens is 284 g/mol. The fourth-order valence-corrected chi connectivity index (χ4v) is 2.91. The first kappa shape index (κ1) is 15.6. The fourth-order valence-electron chi connectivity index (χ4n) is 2.07. The molecule has 0 atom stereocenters. The lowest BCUT2D eigenvalue weighted by Crippen LogP contribution is -2.22. The highest BCUT2D eigenvalue weighted by Gasteiger charge is 2.14. The predicted octanol–water partition coefficient (Wildman–Crippen LogP) is 2.14. The first-order valence-corrected chi connectivity index (χ1v) is 7.79. The Balaban J connectivity index is 2.43. The number of aromatic nitrogens is 2. The van der Waals surface area contributed by atoms with Gasteiger partial charge in [-0.2, -0.15) is 5.10 Å². The van der Waals surface area contributed by atoms with Crippen LogP contribution in [0.4, 0.5) is 0 Å². The lowest BCUT2D eigenvalue weighted by Gasteiger charge is -2.12. The number of amides is 1. The smallest absolute Gasteiger partial charge is 0.273 e. The van der Waals surface area contributed by atoms with Crippen LogP contribution in [0.1, 0.15) is 23.0 Å². The number of benzene rings is 1. The quantitative estimate of drug-likeness (QED) is 0.860. The second kappa shape index (κ2) is 6.78. The zero-order valence-electron chi connectivity index (χ0n) is 12.5. The Morgan fingerprint density at radius 3 is 2.76 bits per heavy atom. The molecule has 0 radical (unpaired) electrons. The molecule has 0 bridgehead atoms. The molecule has 0 aliphatic heterocycles. The highest BCUT2D eigenvalue weighted by atomic mass is 32.2. The summed E-state index contributed by atoms with van der Waals surface area (Å²) in [6.45, 7) is 2.55. The Morgan fingerprint density at radius 2 is 2.14 bits per heavy atom. The van der Waals surface area contributed by atoms with E-state index in [4.69, 9.17) is 5.73 Å². The van der Waals surface area contributed by atoms with Crippen LogP contribution in [0.5, 0.6) is 0 Å². The highest BCUT2D eigenvalue weighted by Crippen LogP contribution is 2.27. The minimum Gasteiger partial charge on any atom is -0.343 e. The van der Waals surface area contributed by atoms with Gasteiger partial charge in [0.25, 0.3) is 5.91 Å². The maximum absolute atomic E-state index is 11.9. The summed E-state index contributed by atoms with van der Waals surface area (Å²) in [5, 5.41) is 4.37. The van der Waals surface area contributed by atoms with Crippen molar-refractivity contribution in [2.45, 2.75) is 18.4 Å². The van der Waals surface area contributed by atoms with Gasteiger partial charge in [-0.3, -0.25) is 4.79 Å². The summed E-state index contributed by atoms with van der Waals surface area (Å²) in [6.07, 6.45) is 1.80. The van der Waals surface area contributed by atoms with Crippen molar-refractivity contribution in [2.24, 2.45) is 5.73 Å². The molecule has 6 heteroatoms. The molecule has 0 aliphatic rings. The summed E-state index contributed by atoms with van der Waals surface area (Å²) in [5.41, 5.74) is 8.31. The third kappa shape index (κ3) is 3.28. The van der Waals surface area contributed by atoms with Gasteiger partial charge in [0, 0.05) is 37.3 Å². The first-order valence-electron chi connectivity index (χ1n) is 6.81. The van der Waals surface area contributed by atoms with E-state index in [2.05, 4.69) is 18.1 Å². The molecule has 2 N–H and O–H groups in total. The standard InChI is InChI=1S/C15H20N4OS/c1-4-21-14-7-5-6-13(11(14)10-16)19-9-8-12(17-19)15(20)18(2)3/h5-9H,4,10,16H2,1-3H3. The van der Waals surface area contributed by atoms with E-state index in [0.29, 0.717) is 12.2 Å². The molecule has 1 aromatic heterocycles. The van der Waals surface area contributed by atoms with Crippen LogP contribution in [0, 0.1) is 0 Å². The number of nitrogens with two attached hydrogens (primary N) is 1. The van der Waals surface area contributed by atoms with Gasteiger partial charge < -0.3 is 10.6 Å². The van der Waals surface area contributed by atoms with Crippen LogP contribution >= 0.6 is 11.8 Å². The maximum atomic E-state index is 11.9. The number of carbonyl (C=O) groups excluding carboxylic acids is 1. The van der Waals surface area contributed by atoms with Crippen molar-refractivity contribution >= 4 is 17.7 Å². The number of rotatable bonds is 5. The van der Waals surface area contributed by atoms with Gasteiger partial charge in [0.2, 0.25) is 0 Å². The third-order valence-corrected chi connectivity index (χ3v) is 4.06. The average molecular weight is 304 g/mol. The predicted molar refractivity (Wildman–Crippen MR) is 85.9 cm³/mol. The van der Waals surface area contributed by atoms with Crippen LogP contribution in [0.25, 0.3) is 5.69 Å². The number of thioether (sulfide) groups is 1. The van der Waals surface area contributed by atoms with Crippen LogP contribution in [0.2, 0.25) is 0 Å². The van der Waals surface area contributed by atoms with Crippen molar-refractivity contribution in [1.29, 1.82) is 0 Å². The SMILES string of the molecule is CCSc1cccc(-n2ccc(C(=O)N(C)C)n2)c1CN. The Morgan fingerprint density at radius 1 is 1.38 bits per heavy atom. The summed E-state index contributed by atoms with van der Waals surface area (Å²) in [4.78, 5) is 14.6. The minimum absolute atomic E-state index is 0.109. The molecule has 0 aliphatic carbocycles. The Labute approximate surface area is 129 Å². The summed E-state index contributed by atoms with van der Waals surface area (Å²) < 4.78 is 1.72. The van der Waals surface area contributed by atoms with Crippen molar-refractivity contribution in [2.75, 3.05) is 19.8 Å². The number of hydrogen-bond acceptors (Lipinski definition) is 4. The summed E-state index contributed by atoms with van der Waals surface area (Å²) in [5.74, 6) is 0.877. The van der Waals surface area contributed by atoms with E-state index in [-0.39, 0.29) is 5.91 Å². The zero-order chi connectivity index (χ0) is 15.4. The van der Waals surface area contributed by atoms with Gasteiger partial charge >= 0.3 is 0 Å². The lowest BCUT2D eigenvalue weighted by molar-refractivity contribution is 0.0821. The lowest BCUT2D eigenvalue weighted by atomic mass is 10.2. The molecule has 0 saturated carbocycles. The van der Waals surface area contributed by atoms with Crippen LogP contribution in [-0.2, 0) is 6.54 Å². The van der Waals surface area contributed by atoms with Gasteiger partial charge in [-0.25, -0.2) is 4.68 Å². The van der Waals surface area contributed by atoms with Crippen LogP contribution in [-0.4, -0.2) is 40.4 Å². The minimum atomic E-state index is -0.109. The van der Waals surface area contributed by atoms with Crippen molar-refractivity contribution in [3.8, 4) is 5.69 Å². The third-order valence-electron chi connectivity index (χ3n) is 3.07. The van der Waals surface area contributed by atoms with Gasteiger partial charge in [-0.1, -0.05) is 13.0 Å². The van der Waals surface area contributed by atoms with E-state index in [1.165, 1.54) is 4.90 Å². The van der Waals surface area contributed by atoms with Gasteiger partial charge in [0.05, 0.1) is 5.69 Å². The highest BCUT2D eigenvalue weighted by molar-refractivity contribution is 7.99. The number of carbonyl (C=O) groups is 1. The largest absolute Gasteiger partial charge is 0.343 e. The molecule has 5 nitrogen and oxygen atoms in total. The summed E-state index contributed by atoms with van der Waals surface area (Å²) >= 11 is 1.76. The normalized spacial score (nSPS) is 10.7. The number of nitrogens with zero attached hydrogens (tertiary/aromatic N) is 3. The monoisotopic (exact) mass is 304 g/mol. The molecule has 0 spiro atoms. The molecule has 2 aromatic rings. The maximum Gasteiger partial charge on any atom is 0.273 e. The van der Waals surface area contributed by atoms with E-state index >= 15 is 0 Å². The fraction of sp³-hybridized carbons (Fsp3) is 0.333. The molecule has 0 unspecified atom stereocenters. The molecule has 0 fully saturated rings. The molecule has 1 heterocycles. The van der Waals surface area contributed by atoms with Crippen molar-refractivity contribution in [1.82, 2.24) is 14.7 Å². The zero-order valence-corrected chi connectivity index (χ0v) is 13.4. The van der Waals surface area contributed by atoms with Crippen molar-refractivity contribution < 1.29 is 4.79 Å². The van der Waals surface area contributed by atoms with E-state index in [9.17, 15) is 4.79 Å². The molecular formula is C15H20N4OS. The van der Waals surface area contributed by atoms with Gasteiger partial charge in [0.1, 0.15) is 0 Å². The van der Waals surface area contributed by atoms with Gasteiger partial charge in [-0.15, -0.1) is 11.8 Å². The van der Waals surface area contributed by atoms with Gasteiger partial charge in [-0.05, 0) is 24.0 Å². The van der Waals surface area contributed by atoms with E-state index < -0.39 is 0 Å². The molecule has 1 aromatic carbocycles. The van der Waals surface area contributed by atoms with Crippen molar-refractivity contribution in [3.63, 3.8) is 0 Å². The molecule has 1 amide bonds. The first-order chi connectivity index (χ1) is 10.1. The van der Waals surface area contributed by atoms with Crippen LogP contribution in [0.15, 0.2) is 35.4 Å². The van der Waals surface area contributed by atoms with Gasteiger partial charge in [0.15, 0.2) is 5.69 Å². The van der Waals surface area contributed by atoms with Crippen LogP contribution < -0.4 is 5.73 Å². The average Bonchev–Trinajstić information content (AvgIpc) is 2.96. The molecule has 112 valence electrons. The second-order valence-electron chi connectivity index (χ2n) is 4.74. The van der Waals surface area contributed by atoms with Crippen LogP contribution in [0.3, 0.4) is 0 Å². The second-order valence-corrected chi connectivity index (χ2v) is 6.04. The van der Waals surface area contributed by atoms with Crippen molar-refractivity contribution in [3.05, 3.63) is 41.7 Å². The topological polar surface area (TPSA) is 64.2 Å². The molecule has 2 rings (SSSR count). The molecule has 21 heavy (non-hydrogen) atoms. The Bertz CT molecular complexity index is 636. The summed E-state index contributed by atoms with van der Waals surface area (Å²) in [6, 6.07) is 7.75. The van der Waals surface area contributed by atoms with E-state index in [1.54, 1.807) is 42.8 Å². The molecule has 0 saturated heterocycles. The summed E-state index contributed by atoms with van der Waals surface area (Å²) in [7, 11) is 3.43. The van der Waals surface area contributed by atoms with E-state index in [1.807, 2.05) is 12.1 Å². The Hall–Kier alpha value is -1.79. The van der Waals surface area contributed by atoms with E-state index in [0.717, 1.165) is 21.9 Å². The number of hydrogen-bond donors (Lipinski definition) is 1. The Kier molecular flexibility index (Phi) is 5.03.